The lowest BCUT2D eigenvalue weighted by Gasteiger charge is -2.14. The highest BCUT2D eigenvalue weighted by Gasteiger charge is 2.08. The molecule has 0 bridgehead atoms. The molecule has 0 fully saturated rings. The Morgan fingerprint density at radius 2 is 1.46 bits per heavy atom. The third kappa shape index (κ3) is 7.72. The molecule has 0 aliphatic heterocycles. The predicted molar refractivity (Wildman–Crippen MR) is 50.7 cm³/mol. The van der Waals surface area contributed by atoms with Crippen molar-refractivity contribution in [2.75, 3.05) is 18.9 Å². The van der Waals surface area contributed by atoms with Crippen LogP contribution in [0.25, 0.3) is 0 Å². The summed E-state index contributed by atoms with van der Waals surface area (Å²) in [6, 6.07) is 0. The van der Waals surface area contributed by atoms with Crippen LogP contribution in [0.1, 0.15) is 20.8 Å². The second-order valence-electron chi connectivity index (χ2n) is 2.52. The van der Waals surface area contributed by atoms with E-state index >= 15 is 0 Å². The number of carbonyl (C=O) groups excluding carboxylic acids is 2. The first kappa shape index (κ1) is 12.4. The Morgan fingerprint density at radius 3 is 1.69 bits per heavy atom. The van der Waals surface area contributed by atoms with Crippen LogP contribution in [0.3, 0.4) is 0 Å². The number of hydrogen-bond donors (Lipinski definition) is 0. The second kappa shape index (κ2) is 6.84. The first-order valence-corrected chi connectivity index (χ1v) is 5.95. The predicted octanol–water partition coefficient (Wildman–Crippen LogP) is 1.53. The van der Waals surface area contributed by atoms with Crippen LogP contribution in [-0.4, -0.2) is 30.8 Å². The lowest BCUT2D eigenvalue weighted by atomic mass is 10.8. The zero-order valence-corrected chi connectivity index (χ0v) is 9.10. The highest BCUT2D eigenvalue weighted by atomic mass is 31.1. The fourth-order valence-corrected chi connectivity index (χ4v) is 1.75. The standard InChI is InChI=1S/C8H15O4P/c1-4-13(5-11-7(2)9)6-12-8(3)10/h4-6H2,1-3H3. The molecule has 0 aliphatic rings. The number of rotatable bonds is 5. The summed E-state index contributed by atoms with van der Waals surface area (Å²) >= 11 is 0. The van der Waals surface area contributed by atoms with E-state index in [2.05, 4.69) is 0 Å². The molecule has 76 valence electrons. The molecule has 0 radical (unpaired) electrons. The molecule has 0 spiro atoms. The zero-order valence-electron chi connectivity index (χ0n) is 8.20. The Balaban J connectivity index is 3.63. The maximum atomic E-state index is 10.5. The SMILES string of the molecule is CCP(COC(C)=O)COC(C)=O. The van der Waals surface area contributed by atoms with Crippen molar-refractivity contribution in [3.8, 4) is 0 Å². The summed E-state index contributed by atoms with van der Waals surface area (Å²) in [4.78, 5) is 21.0. The molecule has 0 aromatic rings. The van der Waals surface area contributed by atoms with E-state index in [1.165, 1.54) is 13.8 Å². The summed E-state index contributed by atoms with van der Waals surface area (Å²) < 4.78 is 9.65. The van der Waals surface area contributed by atoms with Crippen LogP contribution in [0.4, 0.5) is 0 Å². The van der Waals surface area contributed by atoms with E-state index in [1.54, 1.807) is 0 Å². The second-order valence-corrected chi connectivity index (χ2v) is 5.01. The molecule has 0 amide bonds. The molecule has 0 rings (SSSR count). The van der Waals surface area contributed by atoms with Gasteiger partial charge in [-0.2, -0.15) is 0 Å². The van der Waals surface area contributed by atoms with Crippen molar-refractivity contribution in [2.24, 2.45) is 0 Å². The van der Waals surface area contributed by atoms with Crippen LogP contribution < -0.4 is 0 Å². The summed E-state index contributed by atoms with van der Waals surface area (Å²) in [5, 5.41) is 0. The van der Waals surface area contributed by atoms with Crippen LogP contribution >= 0.6 is 7.92 Å². The molecule has 0 atom stereocenters. The van der Waals surface area contributed by atoms with Crippen molar-refractivity contribution >= 4 is 19.9 Å². The van der Waals surface area contributed by atoms with E-state index < -0.39 is 7.92 Å². The zero-order chi connectivity index (χ0) is 10.3. The van der Waals surface area contributed by atoms with Crippen molar-refractivity contribution in [2.45, 2.75) is 20.8 Å². The molecule has 0 heterocycles. The van der Waals surface area contributed by atoms with Gasteiger partial charge >= 0.3 is 11.9 Å². The number of hydrogen-bond acceptors (Lipinski definition) is 4. The Morgan fingerprint density at radius 1 is 1.08 bits per heavy atom. The molecule has 0 unspecified atom stereocenters. The van der Waals surface area contributed by atoms with Crippen LogP contribution in [-0.2, 0) is 19.1 Å². The average molecular weight is 206 g/mol. The Kier molecular flexibility index (Phi) is 6.51. The van der Waals surface area contributed by atoms with Gasteiger partial charge in [-0.15, -0.1) is 0 Å². The fourth-order valence-electron chi connectivity index (χ4n) is 0.584. The van der Waals surface area contributed by atoms with E-state index in [4.69, 9.17) is 9.47 Å². The summed E-state index contributed by atoms with van der Waals surface area (Å²) in [5.74, 6) is -0.576. The molecule has 0 aromatic heterocycles. The number of ether oxygens (including phenoxy) is 2. The first-order valence-electron chi connectivity index (χ1n) is 4.05. The third-order valence-corrected chi connectivity index (χ3v) is 3.23. The van der Waals surface area contributed by atoms with E-state index in [-0.39, 0.29) is 11.9 Å². The molecule has 0 saturated carbocycles. The van der Waals surface area contributed by atoms with Crippen LogP contribution in [0, 0.1) is 0 Å². The first-order chi connectivity index (χ1) is 6.06. The minimum absolute atomic E-state index is 0.288. The van der Waals surface area contributed by atoms with Gasteiger partial charge in [0.05, 0.1) is 0 Å². The lowest BCUT2D eigenvalue weighted by Crippen LogP contribution is -2.06. The molecule has 0 aliphatic carbocycles. The lowest BCUT2D eigenvalue weighted by molar-refractivity contribution is -0.138. The maximum Gasteiger partial charge on any atom is 0.302 e. The molecule has 5 heteroatoms. The van der Waals surface area contributed by atoms with Crippen molar-refractivity contribution < 1.29 is 19.1 Å². The number of carbonyl (C=O) groups is 2. The van der Waals surface area contributed by atoms with Gasteiger partial charge in [-0.05, 0) is 14.1 Å². The van der Waals surface area contributed by atoms with Gasteiger partial charge in [0.2, 0.25) is 0 Å². The van der Waals surface area contributed by atoms with Gasteiger partial charge in [0.1, 0.15) is 12.7 Å². The smallest absolute Gasteiger partial charge is 0.302 e. The number of esters is 2. The Labute approximate surface area is 79.3 Å². The molecular weight excluding hydrogens is 191 g/mol. The largest absolute Gasteiger partial charge is 0.461 e. The van der Waals surface area contributed by atoms with Crippen LogP contribution in [0.2, 0.25) is 0 Å². The topological polar surface area (TPSA) is 52.6 Å². The monoisotopic (exact) mass is 206 g/mol. The molecule has 0 aromatic carbocycles. The highest BCUT2D eigenvalue weighted by Crippen LogP contribution is 2.34. The molecule has 4 nitrogen and oxygen atoms in total. The molecule has 0 saturated heterocycles. The maximum absolute atomic E-state index is 10.5. The minimum Gasteiger partial charge on any atom is -0.461 e. The van der Waals surface area contributed by atoms with Gasteiger partial charge in [0.25, 0.3) is 0 Å². The average Bonchev–Trinajstić information content (AvgIpc) is 2.04. The Hall–Kier alpha value is -0.630. The van der Waals surface area contributed by atoms with Gasteiger partial charge in [0, 0.05) is 13.8 Å². The van der Waals surface area contributed by atoms with E-state index in [0.29, 0.717) is 12.7 Å². The van der Waals surface area contributed by atoms with Crippen molar-refractivity contribution in [1.82, 2.24) is 0 Å². The fraction of sp³-hybridized carbons (Fsp3) is 0.750. The molecule has 13 heavy (non-hydrogen) atoms. The van der Waals surface area contributed by atoms with Gasteiger partial charge < -0.3 is 9.47 Å². The van der Waals surface area contributed by atoms with Crippen molar-refractivity contribution in [1.29, 1.82) is 0 Å². The van der Waals surface area contributed by atoms with Crippen molar-refractivity contribution in [3.63, 3.8) is 0 Å². The van der Waals surface area contributed by atoms with E-state index in [1.807, 2.05) is 6.92 Å². The molecular formula is C8H15O4P. The van der Waals surface area contributed by atoms with Crippen molar-refractivity contribution in [3.05, 3.63) is 0 Å². The summed E-state index contributed by atoms with van der Waals surface area (Å²) in [5.41, 5.74) is 0. The van der Waals surface area contributed by atoms with E-state index in [0.717, 1.165) is 6.16 Å². The van der Waals surface area contributed by atoms with Crippen LogP contribution in [0.5, 0.6) is 0 Å². The summed E-state index contributed by atoms with van der Waals surface area (Å²) in [6.07, 6.45) is 1.65. The minimum atomic E-state index is -0.510. The van der Waals surface area contributed by atoms with Crippen LogP contribution in [0.15, 0.2) is 0 Å². The third-order valence-electron chi connectivity index (χ3n) is 1.35. The van der Waals surface area contributed by atoms with Gasteiger partial charge in [-0.25, -0.2) is 0 Å². The Bertz CT molecular complexity index is 163. The van der Waals surface area contributed by atoms with Gasteiger partial charge in [-0.1, -0.05) is 6.92 Å². The summed E-state index contributed by atoms with van der Waals surface area (Å²) in [6.45, 7) is 4.72. The van der Waals surface area contributed by atoms with E-state index in [9.17, 15) is 9.59 Å². The van der Waals surface area contributed by atoms with Gasteiger partial charge in [-0.3, -0.25) is 9.59 Å². The normalized spacial score (nSPS) is 9.85. The highest BCUT2D eigenvalue weighted by molar-refractivity contribution is 7.57. The molecule has 0 N–H and O–H groups in total. The quantitative estimate of drug-likeness (QED) is 0.505. The van der Waals surface area contributed by atoms with Gasteiger partial charge in [0.15, 0.2) is 0 Å². The summed E-state index contributed by atoms with van der Waals surface area (Å²) in [7, 11) is -0.510.